The normalized spacial score (nSPS) is 18.0. The molecule has 2 fully saturated rings. The molecule has 0 atom stereocenters. The molecule has 150 valence electrons. The Morgan fingerprint density at radius 3 is 2.39 bits per heavy atom. The van der Waals surface area contributed by atoms with Crippen LogP contribution in [0.4, 0.5) is 0 Å². The second-order valence-corrected chi connectivity index (χ2v) is 9.15. The van der Waals surface area contributed by atoms with Crippen LogP contribution >= 0.6 is 11.8 Å². The van der Waals surface area contributed by atoms with E-state index in [1.165, 1.54) is 43.4 Å². The minimum Gasteiger partial charge on any atom is -0.339 e. The summed E-state index contributed by atoms with van der Waals surface area (Å²) in [7, 11) is 0. The molecule has 28 heavy (non-hydrogen) atoms. The summed E-state index contributed by atoms with van der Waals surface area (Å²) in [6.07, 6.45) is 8.85. The third kappa shape index (κ3) is 4.14. The minimum absolute atomic E-state index is 0.177. The van der Waals surface area contributed by atoms with Crippen LogP contribution in [-0.4, -0.2) is 33.4 Å². The molecule has 2 aliphatic rings. The van der Waals surface area contributed by atoms with Gasteiger partial charge in [0.05, 0.1) is 5.69 Å². The average Bonchev–Trinajstić information content (AvgIpc) is 3.36. The van der Waals surface area contributed by atoms with Crippen LogP contribution < -0.4 is 0 Å². The molecule has 4 rings (SSSR count). The number of benzene rings is 1. The molecule has 1 aromatic carbocycles. The van der Waals surface area contributed by atoms with Crippen molar-refractivity contribution in [3.8, 4) is 0 Å². The van der Waals surface area contributed by atoms with Gasteiger partial charge in [-0.1, -0.05) is 43.2 Å². The Hall–Kier alpha value is -1.75. The van der Waals surface area contributed by atoms with Gasteiger partial charge < -0.3 is 9.47 Å². The van der Waals surface area contributed by atoms with Gasteiger partial charge in [-0.05, 0) is 57.2 Å². The first-order valence-electron chi connectivity index (χ1n) is 10.7. The highest BCUT2D eigenvalue weighted by Crippen LogP contribution is 2.35. The van der Waals surface area contributed by atoms with Gasteiger partial charge in [0.2, 0.25) is 0 Å². The monoisotopic (exact) mass is 397 g/mol. The van der Waals surface area contributed by atoms with E-state index in [1.807, 2.05) is 28.8 Å². The highest BCUT2D eigenvalue weighted by molar-refractivity contribution is 7.98. The summed E-state index contributed by atoms with van der Waals surface area (Å²) in [6, 6.07) is 8.78. The number of carbonyl (C=O) groups excluding carboxylic acids is 1. The fourth-order valence-corrected chi connectivity index (χ4v) is 5.58. The molecule has 1 saturated heterocycles. The summed E-state index contributed by atoms with van der Waals surface area (Å²) < 4.78 is 2.49. The fraction of sp³-hybridized carbons (Fsp3) is 0.565. The maximum atomic E-state index is 12.5. The number of aryl methyl sites for hydroxylation is 1. The predicted molar refractivity (Wildman–Crippen MR) is 115 cm³/mol. The van der Waals surface area contributed by atoms with Gasteiger partial charge in [-0.3, -0.25) is 4.79 Å². The lowest BCUT2D eigenvalue weighted by molar-refractivity contribution is 0.0793. The molecule has 0 N–H and O–H groups in total. The zero-order chi connectivity index (χ0) is 19.5. The molecule has 1 aromatic heterocycles. The summed E-state index contributed by atoms with van der Waals surface area (Å²) in [5.74, 6) is 1.07. The first-order chi connectivity index (χ1) is 13.6. The molecule has 1 aliphatic heterocycles. The largest absolute Gasteiger partial charge is 0.339 e. The zero-order valence-corrected chi connectivity index (χ0v) is 17.9. The molecule has 1 saturated carbocycles. The third-order valence-corrected chi connectivity index (χ3v) is 7.28. The first-order valence-corrected chi connectivity index (χ1v) is 11.7. The van der Waals surface area contributed by atoms with Crippen molar-refractivity contribution in [2.75, 3.05) is 13.1 Å². The van der Waals surface area contributed by atoms with Gasteiger partial charge in [-0.15, -0.1) is 0 Å². The summed E-state index contributed by atoms with van der Waals surface area (Å²) in [5, 5.41) is 1.15. The molecule has 1 aliphatic carbocycles. The molecule has 0 bridgehead atoms. The van der Waals surface area contributed by atoms with Gasteiger partial charge in [0.1, 0.15) is 0 Å². The second-order valence-electron chi connectivity index (χ2n) is 8.21. The number of hydrogen-bond acceptors (Lipinski definition) is 3. The van der Waals surface area contributed by atoms with Crippen LogP contribution in [0.2, 0.25) is 0 Å². The number of nitrogens with zero attached hydrogens (tertiary/aromatic N) is 3. The molecule has 4 nitrogen and oxygen atoms in total. The van der Waals surface area contributed by atoms with Crippen LogP contribution in [0, 0.1) is 13.8 Å². The minimum atomic E-state index is 0.177. The van der Waals surface area contributed by atoms with Crippen molar-refractivity contribution in [2.45, 2.75) is 75.7 Å². The van der Waals surface area contributed by atoms with Gasteiger partial charge in [0, 0.05) is 36.1 Å². The van der Waals surface area contributed by atoms with Gasteiger partial charge in [0.25, 0.3) is 5.91 Å². The number of likely N-dealkylation sites (tertiary alicyclic amines) is 1. The van der Waals surface area contributed by atoms with Crippen molar-refractivity contribution < 1.29 is 4.79 Å². The van der Waals surface area contributed by atoms with E-state index < -0.39 is 0 Å². The van der Waals surface area contributed by atoms with Crippen LogP contribution in [-0.2, 0) is 5.75 Å². The Morgan fingerprint density at radius 2 is 1.71 bits per heavy atom. The van der Waals surface area contributed by atoms with E-state index >= 15 is 0 Å². The SMILES string of the molecule is Cc1nc(SCc2ccc(C(=O)N3CCCC3)cc2)n(C2CCCCC2)c1C. The second kappa shape index (κ2) is 8.73. The average molecular weight is 398 g/mol. The highest BCUT2D eigenvalue weighted by atomic mass is 32.2. The quantitative estimate of drug-likeness (QED) is 0.622. The number of rotatable bonds is 5. The van der Waals surface area contributed by atoms with E-state index in [-0.39, 0.29) is 5.91 Å². The van der Waals surface area contributed by atoms with E-state index in [1.54, 1.807) is 0 Å². The molecule has 2 heterocycles. The van der Waals surface area contributed by atoms with E-state index in [9.17, 15) is 4.79 Å². The summed E-state index contributed by atoms with van der Waals surface area (Å²) in [5.41, 5.74) is 4.53. The molecule has 0 spiro atoms. The van der Waals surface area contributed by atoms with E-state index in [0.717, 1.165) is 48.1 Å². The van der Waals surface area contributed by atoms with Crippen LogP contribution in [0.5, 0.6) is 0 Å². The highest BCUT2D eigenvalue weighted by Gasteiger charge is 2.22. The Morgan fingerprint density at radius 1 is 1.04 bits per heavy atom. The Bertz CT molecular complexity index is 815. The zero-order valence-electron chi connectivity index (χ0n) is 17.1. The lowest BCUT2D eigenvalue weighted by Crippen LogP contribution is -2.27. The van der Waals surface area contributed by atoms with Crippen molar-refractivity contribution in [3.63, 3.8) is 0 Å². The number of hydrogen-bond donors (Lipinski definition) is 0. The third-order valence-electron chi connectivity index (χ3n) is 6.26. The number of amides is 1. The molecule has 0 radical (unpaired) electrons. The van der Waals surface area contributed by atoms with Crippen molar-refractivity contribution in [3.05, 3.63) is 46.8 Å². The molecule has 0 unspecified atom stereocenters. The predicted octanol–water partition coefficient (Wildman–Crippen LogP) is 5.53. The summed E-state index contributed by atoms with van der Waals surface area (Å²) >= 11 is 1.82. The number of carbonyl (C=O) groups is 1. The van der Waals surface area contributed by atoms with Crippen LogP contribution in [0.3, 0.4) is 0 Å². The molecular weight excluding hydrogens is 366 g/mol. The van der Waals surface area contributed by atoms with Crippen LogP contribution in [0.15, 0.2) is 29.4 Å². The Balaban J connectivity index is 1.43. The number of thioether (sulfide) groups is 1. The van der Waals surface area contributed by atoms with Crippen molar-refractivity contribution in [1.82, 2.24) is 14.5 Å². The first kappa shape index (κ1) is 19.6. The van der Waals surface area contributed by atoms with E-state index in [2.05, 4.69) is 30.5 Å². The number of aromatic nitrogens is 2. The smallest absolute Gasteiger partial charge is 0.253 e. The Kier molecular flexibility index (Phi) is 6.10. The van der Waals surface area contributed by atoms with E-state index in [4.69, 9.17) is 4.98 Å². The van der Waals surface area contributed by atoms with Gasteiger partial charge >= 0.3 is 0 Å². The van der Waals surface area contributed by atoms with Gasteiger partial charge in [-0.25, -0.2) is 4.98 Å². The van der Waals surface area contributed by atoms with Crippen molar-refractivity contribution in [2.24, 2.45) is 0 Å². The fourth-order valence-electron chi connectivity index (χ4n) is 4.46. The molecule has 2 aromatic rings. The maximum Gasteiger partial charge on any atom is 0.253 e. The van der Waals surface area contributed by atoms with Crippen LogP contribution in [0.25, 0.3) is 0 Å². The molecular formula is C23H31N3OS. The Labute approximate surface area is 172 Å². The number of imidazole rings is 1. The lowest BCUT2D eigenvalue weighted by atomic mass is 9.95. The topological polar surface area (TPSA) is 38.1 Å². The lowest BCUT2D eigenvalue weighted by Gasteiger charge is -2.26. The standard InChI is InChI=1S/C23H31N3OS/c1-17-18(2)26(21-8-4-3-5-9-21)23(24-17)28-16-19-10-12-20(13-11-19)22(27)25-14-6-7-15-25/h10-13,21H,3-9,14-16H2,1-2H3. The van der Waals surface area contributed by atoms with Crippen molar-refractivity contribution in [1.29, 1.82) is 0 Å². The van der Waals surface area contributed by atoms with Gasteiger partial charge in [0.15, 0.2) is 5.16 Å². The van der Waals surface area contributed by atoms with E-state index in [0.29, 0.717) is 6.04 Å². The summed E-state index contributed by atoms with van der Waals surface area (Å²) in [4.78, 5) is 19.3. The molecule has 1 amide bonds. The maximum absolute atomic E-state index is 12.5. The van der Waals surface area contributed by atoms with Gasteiger partial charge in [-0.2, -0.15) is 0 Å². The molecule has 5 heteroatoms. The van der Waals surface area contributed by atoms with Crippen LogP contribution in [0.1, 0.15) is 78.3 Å². The van der Waals surface area contributed by atoms with Crippen molar-refractivity contribution >= 4 is 17.7 Å². The summed E-state index contributed by atoms with van der Waals surface area (Å²) in [6.45, 7) is 6.13.